The number of nitrogen functional groups attached to an aromatic ring is 1. The molecule has 1 aromatic heterocycles. The lowest BCUT2D eigenvalue weighted by molar-refractivity contribution is 0.603. The van der Waals surface area contributed by atoms with E-state index in [2.05, 4.69) is 10.2 Å². The number of rotatable bonds is 6. The molecular formula is C13H16FN5OS. The number of aromatic amines is 1. The monoisotopic (exact) mass is 309 g/mol. The largest absolute Gasteiger partial charge is 0.384 e. The van der Waals surface area contributed by atoms with E-state index in [1.54, 1.807) is 10.6 Å². The molecule has 0 aliphatic heterocycles. The second-order valence-corrected chi connectivity index (χ2v) is 5.46. The number of amidine groups is 1. The third-order valence-electron chi connectivity index (χ3n) is 2.81. The molecule has 1 heterocycles. The molecular weight excluding hydrogens is 293 g/mol. The Bertz CT molecular complexity index is 709. The summed E-state index contributed by atoms with van der Waals surface area (Å²) in [6.45, 7) is 2.55. The first kappa shape index (κ1) is 15.3. The van der Waals surface area contributed by atoms with Gasteiger partial charge in [-0.15, -0.1) is 5.10 Å². The summed E-state index contributed by atoms with van der Waals surface area (Å²) in [6, 6.07) is 4.26. The fourth-order valence-corrected chi connectivity index (χ4v) is 2.77. The van der Waals surface area contributed by atoms with Gasteiger partial charge in [0.2, 0.25) is 0 Å². The highest BCUT2D eigenvalue weighted by Crippen LogP contribution is 2.21. The molecule has 0 spiro atoms. The SMILES string of the molecule is CCCn1c(SCc2cc(F)cc(C(=N)N)c2)n[nH]c1=O. The summed E-state index contributed by atoms with van der Waals surface area (Å²) in [5.41, 5.74) is 6.16. The zero-order valence-corrected chi connectivity index (χ0v) is 12.3. The smallest absolute Gasteiger partial charge is 0.343 e. The van der Waals surface area contributed by atoms with Crippen LogP contribution in [0, 0.1) is 11.2 Å². The van der Waals surface area contributed by atoms with Gasteiger partial charge in [0.15, 0.2) is 5.16 Å². The van der Waals surface area contributed by atoms with Gasteiger partial charge in [0.25, 0.3) is 0 Å². The first-order valence-electron chi connectivity index (χ1n) is 6.43. The number of nitrogens with two attached hydrogens (primary N) is 1. The van der Waals surface area contributed by atoms with Crippen LogP contribution in [-0.2, 0) is 12.3 Å². The summed E-state index contributed by atoms with van der Waals surface area (Å²) in [5, 5.41) is 14.3. The van der Waals surface area contributed by atoms with Crippen LogP contribution in [0.25, 0.3) is 0 Å². The van der Waals surface area contributed by atoms with Gasteiger partial charge in [-0.05, 0) is 30.2 Å². The van der Waals surface area contributed by atoms with Crippen molar-refractivity contribution in [2.45, 2.75) is 30.8 Å². The molecule has 0 bridgehead atoms. The molecule has 2 aromatic rings. The second kappa shape index (κ2) is 6.57. The van der Waals surface area contributed by atoms with E-state index in [0.717, 1.165) is 6.42 Å². The molecule has 2 rings (SSSR count). The maximum atomic E-state index is 13.5. The van der Waals surface area contributed by atoms with Gasteiger partial charge in [0, 0.05) is 17.9 Å². The first-order valence-corrected chi connectivity index (χ1v) is 7.41. The lowest BCUT2D eigenvalue weighted by atomic mass is 10.1. The van der Waals surface area contributed by atoms with Crippen molar-refractivity contribution in [2.75, 3.05) is 0 Å². The molecule has 21 heavy (non-hydrogen) atoms. The predicted molar refractivity (Wildman–Crippen MR) is 80.1 cm³/mol. The zero-order valence-electron chi connectivity index (χ0n) is 11.5. The number of nitrogens with zero attached hydrogens (tertiary/aromatic N) is 2. The summed E-state index contributed by atoms with van der Waals surface area (Å²) in [6.07, 6.45) is 0.821. The maximum absolute atomic E-state index is 13.5. The van der Waals surface area contributed by atoms with Crippen molar-refractivity contribution in [3.63, 3.8) is 0 Å². The molecule has 0 saturated carbocycles. The summed E-state index contributed by atoms with van der Waals surface area (Å²) < 4.78 is 15.0. The molecule has 0 unspecified atom stereocenters. The summed E-state index contributed by atoms with van der Waals surface area (Å²) >= 11 is 1.33. The molecule has 0 radical (unpaired) electrons. The number of H-pyrrole nitrogens is 1. The molecule has 0 atom stereocenters. The fourth-order valence-electron chi connectivity index (χ4n) is 1.87. The molecule has 0 aliphatic rings. The van der Waals surface area contributed by atoms with E-state index < -0.39 is 5.82 Å². The molecule has 0 amide bonds. The predicted octanol–water partition coefficient (Wildman–Crippen LogP) is 1.70. The van der Waals surface area contributed by atoms with Crippen LogP contribution in [0.2, 0.25) is 0 Å². The van der Waals surface area contributed by atoms with E-state index in [1.807, 2.05) is 6.92 Å². The van der Waals surface area contributed by atoms with Crippen LogP contribution in [0.4, 0.5) is 4.39 Å². The average molecular weight is 309 g/mol. The van der Waals surface area contributed by atoms with E-state index in [9.17, 15) is 9.18 Å². The Hall–Kier alpha value is -2.09. The van der Waals surface area contributed by atoms with E-state index in [-0.39, 0.29) is 11.5 Å². The van der Waals surface area contributed by atoms with Gasteiger partial charge >= 0.3 is 5.69 Å². The molecule has 0 saturated heterocycles. The number of nitrogens with one attached hydrogen (secondary N) is 2. The molecule has 0 fully saturated rings. The van der Waals surface area contributed by atoms with Crippen molar-refractivity contribution in [3.8, 4) is 0 Å². The Morgan fingerprint density at radius 1 is 1.52 bits per heavy atom. The standard InChI is InChI=1S/C13H16FN5OS/c1-2-3-19-12(20)17-18-13(19)21-7-8-4-9(11(15)16)6-10(14)5-8/h4-6H,2-3,7H2,1H3,(H3,15,16)(H,17,20). The van der Waals surface area contributed by atoms with Crippen molar-refractivity contribution >= 4 is 17.6 Å². The van der Waals surface area contributed by atoms with E-state index >= 15 is 0 Å². The lowest BCUT2D eigenvalue weighted by Gasteiger charge is -2.06. The van der Waals surface area contributed by atoms with Crippen LogP contribution in [0.15, 0.2) is 28.2 Å². The maximum Gasteiger partial charge on any atom is 0.343 e. The normalized spacial score (nSPS) is 10.8. The van der Waals surface area contributed by atoms with Crippen molar-refractivity contribution in [3.05, 3.63) is 45.6 Å². The number of hydrogen-bond donors (Lipinski definition) is 3. The number of aromatic nitrogens is 3. The topological polar surface area (TPSA) is 101 Å². The Morgan fingerprint density at radius 3 is 2.95 bits per heavy atom. The molecule has 112 valence electrons. The first-order chi connectivity index (χ1) is 10.0. The van der Waals surface area contributed by atoms with Gasteiger partial charge in [-0.1, -0.05) is 18.7 Å². The molecule has 1 aromatic carbocycles. The summed E-state index contributed by atoms with van der Waals surface area (Å²) in [5.74, 6) is -0.179. The molecule has 6 nitrogen and oxygen atoms in total. The number of thioether (sulfide) groups is 1. The highest BCUT2D eigenvalue weighted by Gasteiger charge is 2.09. The van der Waals surface area contributed by atoms with Crippen LogP contribution < -0.4 is 11.4 Å². The van der Waals surface area contributed by atoms with Crippen molar-refractivity contribution < 1.29 is 4.39 Å². The third kappa shape index (κ3) is 3.72. The molecule has 4 N–H and O–H groups in total. The van der Waals surface area contributed by atoms with Gasteiger partial charge in [0.05, 0.1) is 0 Å². The Morgan fingerprint density at radius 2 is 2.29 bits per heavy atom. The number of hydrogen-bond acceptors (Lipinski definition) is 4. The fraction of sp³-hybridized carbons (Fsp3) is 0.308. The van der Waals surface area contributed by atoms with Gasteiger partial charge in [-0.3, -0.25) is 9.98 Å². The van der Waals surface area contributed by atoms with Crippen LogP contribution in [0.3, 0.4) is 0 Å². The zero-order chi connectivity index (χ0) is 15.4. The Labute approximate surface area is 125 Å². The van der Waals surface area contributed by atoms with E-state index in [4.69, 9.17) is 11.1 Å². The molecule has 8 heteroatoms. The minimum Gasteiger partial charge on any atom is -0.384 e. The van der Waals surface area contributed by atoms with Gasteiger partial charge in [0.1, 0.15) is 11.7 Å². The Balaban J connectivity index is 2.17. The van der Waals surface area contributed by atoms with E-state index in [1.165, 1.54) is 23.9 Å². The van der Waals surface area contributed by atoms with Crippen molar-refractivity contribution in [1.82, 2.24) is 14.8 Å². The second-order valence-electron chi connectivity index (χ2n) is 4.51. The van der Waals surface area contributed by atoms with Gasteiger partial charge in [-0.25, -0.2) is 14.3 Å². The van der Waals surface area contributed by atoms with E-state index in [0.29, 0.717) is 28.6 Å². The van der Waals surface area contributed by atoms with Gasteiger partial charge < -0.3 is 5.73 Å². The average Bonchev–Trinajstić information content (AvgIpc) is 2.77. The molecule has 0 aliphatic carbocycles. The highest BCUT2D eigenvalue weighted by atomic mass is 32.2. The van der Waals surface area contributed by atoms with Crippen LogP contribution in [0.5, 0.6) is 0 Å². The van der Waals surface area contributed by atoms with Crippen molar-refractivity contribution in [2.24, 2.45) is 5.73 Å². The van der Waals surface area contributed by atoms with Crippen LogP contribution >= 0.6 is 11.8 Å². The number of halogens is 1. The Kier molecular flexibility index (Phi) is 4.79. The number of benzene rings is 1. The van der Waals surface area contributed by atoms with Crippen LogP contribution in [-0.4, -0.2) is 20.6 Å². The van der Waals surface area contributed by atoms with Crippen LogP contribution in [0.1, 0.15) is 24.5 Å². The lowest BCUT2D eigenvalue weighted by Crippen LogP contribution is -2.17. The minimum absolute atomic E-state index is 0.177. The van der Waals surface area contributed by atoms with Crippen molar-refractivity contribution in [1.29, 1.82) is 5.41 Å². The minimum atomic E-state index is -0.439. The quantitative estimate of drug-likeness (QED) is 0.429. The third-order valence-corrected chi connectivity index (χ3v) is 3.85. The van der Waals surface area contributed by atoms with Gasteiger partial charge in [-0.2, -0.15) is 0 Å². The highest BCUT2D eigenvalue weighted by molar-refractivity contribution is 7.98. The summed E-state index contributed by atoms with van der Waals surface area (Å²) in [4.78, 5) is 11.6. The summed E-state index contributed by atoms with van der Waals surface area (Å²) in [7, 11) is 0.